The molecule has 2 heterocycles. The number of methoxy groups -OCH3 is 2. The zero-order chi connectivity index (χ0) is 21.7. The van der Waals surface area contributed by atoms with Crippen LogP contribution in [0.25, 0.3) is 0 Å². The average Bonchev–Trinajstić information content (AvgIpc) is 3.14. The van der Waals surface area contributed by atoms with Gasteiger partial charge in [-0.1, -0.05) is 11.3 Å². The summed E-state index contributed by atoms with van der Waals surface area (Å²) in [4.78, 5) is 31.0. The molecule has 0 saturated carbocycles. The third kappa shape index (κ3) is 5.28. The molecule has 0 atom stereocenters. The molecule has 1 N–H and O–H groups in total. The van der Waals surface area contributed by atoms with E-state index in [4.69, 9.17) is 9.47 Å². The van der Waals surface area contributed by atoms with Crippen LogP contribution in [-0.4, -0.2) is 56.8 Å². The summed E-state index contributed by atoms with van der Waals surface area (Å²) in [6.45, 7) is 0.912. The van der Waals surface area contributed by atoms with Crippen molar-refractivity contribution < 1.29 is 27.5 Å². The van der Waals surface area contributed by atoms with E-state index in [0.717, 1.165) is 10.6 Å². The number of fused-ring (bicyclic) bond motifs is 1. The molecule has 0 fully saturated rings. The monoisotopic (exact) mass is 453 g/mol. The number of aromatic nitrogens is 1. The third-order valence-corrected chi connectivity index (χ3v) is 7.46. The Balaban J connectivity index is 1.50. The summed E-state index contributed by atoms with van der Waals surface area (Å²) in [6, 6.07) is 6.16. The minimum absolute atomic E-state index is 0.0634. The molecule has 1 aromatic carbocycles. The van der Waals surface area contributed by atoms with Crippen LogP contribution in [0.5, 0.6) is 5.75 Å². The number of hydrogen-bond acceptors (Lipinski definition) is 8. The van der Waals surface area contributed by atoms with Crippen molar-refractivity contribution in [2.24, 2.45) is 0 Å². The highest BCUT2D eigenvalue weighted by atomic mass is 32.2. The smallest absolute Gasteiger partial charge is 0.409 e. The highest BCUT2D eigenvalue weighted by molar-refractivity contribution is 7.91. The van der Waals surface area contributed by atoms with E-state index in [-0.39, 0.29) is 29.4 Å². The predicted octanol–water partition coefficient (Wildman–Crippen LogP) is 2.47. The van der Waals surface area contributed by atoms with Gasteiger partial charge in [-0.3, -0.25) is 4.79 Å². The highest BCUT2D eigenvalue weighted by Crippen LogP contribution is 2.28. The second kappa shape index (κ2) is 9.43. The Morgan fingerprint density at radius 2 is 1.97 bits per heavy atom. The first-order valence-electron chi connectivity index (χ1n) is 9.30. The van der Waals surface area contributed by atoms with Gasteiger partial charge in [-0.15, -0.1) is 0 Å². The Labute approximate surface area is 178 Å². The van der Waals surface area contributed by atoms with Crippen molar-refractivity contribution in [1.82, 2.24) is 9.88 Å². The minimum Gasteiger partial charge on any atom is -0.497 e. The van der Waals surface area contributed by atoms with E-state index in [2.05, 4.69) is 10.3 Å². The summed E-state index contributed by atoms with van der Waals surface area (Å²) in [5.74, 6) is 0.153. The summed E-state index contributed by atoms with van der Waals surface area (Å²) in [5.41, 5.74) is 0.859. The molecule has 3 rings (SSSR count). The topological polar surface area (TPSA) is 115 Å². The number of sulfone groups is 1. The Morgan fingerprint density at radius 1 is 1.23 bits per heavy atom. The summed E-state index contributed by atoms with van der Waals surface area (Å²) >= 11 is 1.31. The van der Waals surface area contributed by atoms with Crippen LogP contribution in [0, 0.1) is 0 Å². The molecule has 11 heteroatoms. The van der Waals surface area contributed by atoms with Crippen molar-refractivity contribution in [1.29, 1.82) is 0 Å². The maximum atomic E-state index is 12.4. The quantitative estimate of drug-likeness (QED) is 0.685. The lowest BCUT2D eigenvalue weighted by Crippen LogP contribution is -2.35. The number of carbonyl (C=O) groups excluding carboxylic acids is 2. The summed E-state index contributed by atoms with van der Waals surface area (Å²) < 4.78 is 34.5. The van der Waals surface area contributed by atoms with E-state index in [0.29, 0.717) is 30.4 Å². The Morgan fingerprint density at radius 3 is 2.63 bits per heavy atom. The van der Waals surface area contributed by atoms with Crippen LogP contribution in [0.2, 0.25) is 0 Å². The van der Waals surface area contributed by atoms with Gasteiger partial charge in [0.1, 0.15) is 5.75 Å². The lowest BCUT2D eigenvalue weighted by Gasteiger charge is -2.24. The van der Waals surface area contributed by atoms with Crippen LogP contribution in [0.15, 0.2) is 29.2 Å². The number of nitrogens with one attached hydrogen (secondary N) is 1. The molecule has 0 bridgehead atoms. The molecule has 2 amide bonds. The fourth-order valence-electron chi connectivity index (χ4n) is 3.04. The average molecular weight is 454 g/mol. The van der Waals surface area contributed by atoms with Gasteiger partial charge in [0, 0.05) is 24.3 Å². The summed E-state index contributed by atoms with van der Waals surface area (Å²) in [7, 11) is -0.622. The van der Waals surface area contributed by atoms with Crippen molar-refractivity contribution in [2.45, 2.75) is 30.7 Å². The maximum absolute atomic E-state index is 12.4. The van der Waals surface area contributed by atoms with E-state index in [1.54, 1.807) is 17.0 Å². The number of ether oxygens (including phenoxy) is 2. The summed E-state index contributed by atoms with van der Waals surface area (Å²) in [6.07, 6.45) is 0.462. The van der Waals surface area contributed by atoms with Gasteiger partial charge in [0.05, 0.1) is 37.1 Å². The standard InChI is InChI=1S/C19H23N3O6S2/c1-27-13-5-7-14(8-6-13)30(25,26)11-3-4-17(23)21-18-20-15-9-10-22(19(24)28-2)12-16(15)29-18/h5-8H,3-4,9-12H2,1-2H3,(H,20,21,23). The lowest BCUT2D eigenvalue weighted by atomic mass is 10.2. The maximum Gasteiger partial charge on any atom is 0.409 e. The van der Waals surface area contributed by atoms with Crippen molar-refractivity contribution in [3.05, 3.63) is 34.8 Å². The SMILES string of the molecule is COC(=O)N1CCc2nc(NC(=O)CCCS(=O)(=O)c3ccc(OC)cc3)sc2C1. The van der Waals surface area contributed by atoms with Gasteiger partial charge in [0.25, 0.3) is 0 Å². The van der Waals surface area contributed by atoms with Crippen molar-refractivity contribution in [2.75, 3.05) is 31.8 Å². The van der Waals surface area contributed by atoms with E-state index in [1.807, 2.05) is 0 Å². The van der Waals surface area contributed by atoms with E-state index < -0.39 is 15.9 Å². The fraction of sp³-hybridized carbons (Fsp3) is 0.421. The fourth-order valence-corrected chi connectivity index (χ4v) is 5.39. The van der Waals surface area contributed by atoms with Gasteiger partial charge in [-0.05, 0) is 30.7 Å². The number of rotatable bonds is 7. The first-order valence-corrected chi connectivity index (χ1v) is 11.8. The molecular formula is C19H23N3O6S2. The Kier molecular flexibility index (Phi) is 6.93. The van der Waals surface area contributed by atoms with Gasteiger partial charge in [-0.25, -0.2) is 18.2 Å². The molecule has 0 saturated heterocycles. The third-order valence-electron chi connectivity index (χ3n) is 4.65. The van der Waals surface area contributed by atoms with Gasteiger partial charge >= 0.3 is 6.09 Å². The molecule has 0 aliphatic carbocycles. The molecule has 9 nitrogen and oxygen atoms in total. The van der Waals surface area contributed by atoms with Crippen LogP contribution in [-0.2, 0) is 32.3 Å². The van der Waals surface area contributed by atoms with Gasteiger partial charge in [-0.2, -0.15) is 0 Å². The van der Waals surface area contributed by atoms with E-state index in [1.165, 1.54) is 37.7 Å². The number of hydrogen-bond donors (Lipinski definition) is 1. The molecule has 1 aromatic heterocycles. The van der Waals surface area contributed by atoms with Gasteiger partial charge in [0.2, 0.25) is 5.91 Å². The Hall–Kier alpha value is -2.66. The van der Waals surface area contributed by atoms with Gasteiger partial charge < -0.3 is 19.7 Å². The highest BCUT2D eigenvalue weighted by Gasteiger charge is 2.25. The molecule has 0 unspecified atom stereocenters. The Bertz CT molecular complexity index is 1020. The van der Waals surface area contributed by atoms with Crippen molar-refractivity contribution >= 4 is 38.3 Å². The lowest BCUT2D eigenvalue weighted by molar-refractivity contribution is -0.116. The van der Waals surface area contributed by atoms with Crippen LogP contribution >= 0.6 is 11.3 Å². The molecule has 1 aliphatic heterocycles. The predicted molar refractivity (Wildman–Crippen MR) is 112 cm³/mol. The van der Waals surface area contributed by atoms with Crippen molar-refractivity contribution in [3.8, 4) is 5.75 Å². The molecule has 30 heavy (non-hydrogen) atoms. The van der Waals surface area contributed by atoms with E-state index >= 15 is 0 Å². The molecule has 0 radical (unpaired) electrons. The number of anilines is 1. The zero-order valence-corrected chi connectivity index (χ0v) is 18.3. The zero-order valence-electron chi connectivity index (χ0n) is 16.7. The molecule has 162 valence electrons. The number of thiazole rings is 1. The van der Waals surface area contributed by atoms with Crippen LogP contribution < -0.4 is 10.1 Å². The molecular weight excluding hydrogens is 430 g/mol. The first kappa shape index (κ1) is 22.0. The first-order chi connectivity index (χ1) is 14.3. The van der Waals surface area contributed by atoms with Gasteiger partial charge in [0.15, 0.2) is 15.0 Å². The second-order valence-electron chi connectivity index (χ2n) is 6.68. The number of benzene rings is 1. The normalized spacial score (nSPS) is 13.5. The minimum atomic E-state index is -3.47. The van der Waals surface area contributed by atoms with E-state index in [9.17, 15) is 18.0 Å². The largest absolute Gasteiger partial charge is 0.497 e. The number of amides is 2. The molecule has 0 spiro atoms. The van der Waals surface area contributed by atoms with Crippen LogP contribution in [0.3, 0.4) is 0 Å². The molecule has 1 aliphatic rings. The molecule has 2 aromatic rings. The second-order valence-corrected chi connectivity index (χ2v) is 9.87. The summed E-state index contributed by atoms with van der Waals surface area (Å²) in [5, 5.41) is 3.17. The number of carbonyl (C=O) groups is 2. The van der Waals surface area contributed by atoms with Crippen LogP contribution in [0.4, 0.5) is 9.93 Å². The van der Waals surface area contributed by atoms with Crippen LogP contribution in [0.1, 0.15) is 23.4 Å². The van der Waals surface area contributed by atoms with Crippen molar-refractivity contribution in [3.63, 3.8) is 0 Å². The number of nitrogens with zero attached hydrogens (tertiary/aromatic N) is 2.